The van der Waals surface area contributed by atoms with Crippen LogP contribution in [0.15, 0.2) is 18.2 Å². The van der Waals surface area contributed by atoms with E-state index < -0.39 is 47.8 Å². The Hall–Kier alpha value is -2.31. The minimum atomic E-state index is -4.82. The Balaban J connectivity index is 2.91. The molecule has 0 bridgehead atoms. The van der Waals surface area contributed by atoms with Crippen LogP contribution in [0.5, 0.6) is 0 Å². The molecule has 25 heavy (non-hydrogen) atoms. The minimum Gasteiger partial charge on any atom is -0.444 e. The number of halogens is 3. The SMILES string of the molecule is CC(C)(C)OC(=O)NCC(O)C(O)c1ccc(C#N)cc1C(F)(F)F. The second-order valence-electron chi connectivity index (χ2n) is 6.31. The highest BCUT2D eigenvalue weighted by atomic mass is 19.4. The van der Waals surface area contributed by atoms with Crippen molar-refractivity contribution in [1.29, 1.82) is 5.26 Å². The molecule has 0 aromatic heterocycles. The van der Waals surface area contributed by atoms with Gasteiger partial charge in [-0.3, -0.25) is 0 Å². The number of aliphatic hydroxyl groups is 2. The van der Waals surface area contributed by atoms with E-state index in [1.54, 1.807) is 26.8 Å². The van der Waals surface area contributed by atoms with Crippen LogP contribution in [0.25, 0.3) is 0 Å². The van der Waals surface area contributed by atoms with Crippen LogP contribution in [0, 0.1) is 11.3 Å². The standard InChI is InChI=1S/C16H19F3N2O4/c1-15(2,3)25-14(24)21-8-12(22)13(23)10-5-4-9(7-20)6-11(10)16(17,18)19/h4-6,12-13,22-23H,8H2,1-3H3,(H,21,24). The summed E-state index contributed by atoms with van der Waals surface area (Å²) in [6, 6.07) is 4.19. The molecular weight excluding hydrogens is 341 g/mol. The van der Waals surface area contributed by atoms with Crippen LogP contribution in [0.3, 0.4) is 0 Å². The molecule has 1 aromatic carbocycles. The molecule has 0 saturated carbocycles. The summed E-state index contributed by atoms with van der Waals surface area (Å²) in [7, 11) is 0. The summed E-state index contributed by atoms with van der Waals surface area (Å²) in [6.45, 7) is 4.33. The number of ether oxygens (including phenoxy) is 1. The van der Waals surface area contributed by atoms with Crippen molar-refractivity contribution < 1.29 is 32.9 Å². The van der Waals surface area contributed by atoms with E-state index in [1.165, 1.54) is 0 Å². The van der Waals surface area contributed by atoms with E-state index in [4.69, 9.17) is 10.00 Å². The van der Waals surface area contributed by atoms with Gasteiger partial charge in [0, 0.05) is 6.54 Å². The van der Waals surface area contributed by atoms with Gasteiger partial charge in [0.25, 0.3) is 0 Å². The van der Waals surface area contributed by atoms with Crippen LogP contribution in [0.4, 0.5) is 18.0 Å². The average molecular weight is 360 g/mol. The number of aliphatic hydroxyl groups excluding tert-OH is 2. The van der Waals surface area contributed by atoms with Crippen LogP contribution >= 0.6 is 0 Å². The number of benzene rings is 1. The van der Waals surface area contributed by atoms with Crippen molar-refractivity contribution in [3.63, 3.8) is 0 Å². The van der Waals surface area contributed by atoms with E-state index in [0.717, 1.165) is 12.1 Å². The summed E-state index contributed by atoms with van der Waals surface area (Å²) < 4.78 is 44.2. The zero-order chi connectivity index (χ0) is 19.4. The predicted molar refractivity (Wildman–Crippen MR) is 81.4 cm³/mol. The molecule has 2 unspecified atom stereocenters. The highest BCUT2D eigenvalue weighted by Gasteiger charge is 2.37. The van der Waals surface area contributed by atoms with E-state index in [9.17, 15) is 28.2 Å². The Morgan fingerprint density at radius 1 is 1.32 bits per heavy atom. The molecule has 0 fully saturated rings. The fourth-order valence-corrected chi connectivity index (χ4v) is 1.95. The highest BCUT2D eigenvalue weighted by molar-refractivity contribution is 5.67. The van der Waals surface area contributed by atoms with Crippen LogP contribution < -0.4 is 5.32 Å². The third-order valence-electron chi connectivity index (χ3n) is 3.03. The number of nitrogens with zero attached hydrogens (tertiary/aromatic N) is 1. The molecule has 0 aliphatic carbocycles. The maximum absolute atomic E-state index is 13.1. The number of carbonyl (C=O) groups is 1. The van der Waals surface area contributed by atoms with E-state index in [2.05, 4.69) is 5.32 Å². The first-order chi connectivity index (χ1) is 11.3. The van der Waals surface area contributed by atoms with E-state index in [1.807, 2.05) is 0 Å². The Morgan fingerprint density at radius 3 is 2.40 bits per heavy atom. The molecule has 0 saturated heterocycles. The Bertz CT molecular complexity index is 663. The quantitative estimate of drug-likeness (QED) is 0.766. The van der Waals surface area contributed by atoms with Gasteiger partial charge in [-0.25, -0.2) is 4.79 Å². The largest absolute Gasteiger partial charge is 0.444 e. The molecule has 0 heterocycles. The zero-order valence-corrected chi connectivity index (χ0v) is 13.9. The van der Waals surface area contributed by atoms with Gasteiger partial charge in [-0.15, -0.1) is 0 Å². The van der Waals surface area contributed by atoms with Gasteiger partial charge >= 0.3 is 12.3 Å². The van der Waals surface area contributed by atoms with E-state index in [-0.39, 0.29) is 5.56 Å². The second kappa shape index (κ2) is 7.72. The first-order valence-corrected chi connectivity index (χ1v) is 7.29. The number of nitrogens with one attached hydrogen (secondary N) is 1. The molecule has 0 spiro atoms. The van der Waals surface area contributed by atoms with Crippen molar-refractivity contribution >= 4 is 6.09 Å². The molecule has 0 aliphatic rings. The molecule has 0 aliphatic heterocycles. The molecule has 6 nitrogen and oxygen atoms in total. The van der Waals surface area contributed by atoms with Crippen LogP contribution in [0.2, 0.25) is 0 Å². The van der Waals surface area contributed by atoms with Gasteiger partial charge in [-0.1, -0.05) is 6.07 Å². The molecule has 1 aromatic rings. The summed E-state index contributed by atoms with van der Waals surface area (Å²) in [6.07, 6.45) is -9.32. The van der Waals surface area contributed by atoms with Crippen LogP contribution in [0.1, 0.15) is 43.6 Å². The number of hydrogen-bond acceptors (Lipinski definition) is 5. The van der Waals surface area contributed by atoms with Crippen molar-refractivity contribution in [1.82, 2.24) is 5.32 Å². The van der Waals surface area contributed by atoms with Gasteiger partial charge in [0.15, 0.2) is 0 Å². The maximum Gasteiger partial charge on any atom is 0.416 e. The molecule has 0 radical (unpaired) electrons. The number of alkyl carbamates (subject to hydrolysis) is 1. The lowest BCUT2D eigenvalue weighted by Crippen LogP contribution is -2.39. The molecule has 9 heteroatoms. The van der Waals surface area contributed by atoms with Crippen LogP contribution in [-0.2, 0) is 10.9 Å². The molecule has 1 rings (SSSR count). The van der Waals surface area contributed by atoms with E-state index in [0.29, 0.717) is 6.07 Å². The van der Waals surface area contributed by atoms with Gasteiger partial charge in [-0.05, 0) is 38.5 Å². The topological polar surface area (TPSA) is 103 Å². The lowest BCUT2D eigenvalue weighted by molar-refractivity contribution is -0.139. The Labute approximate surface area is 142 Å². The number of alkyl halides is 3. The van der Waals surface area contributed by atoms with Gasteiger partial charge in [0.2, 0.25) is 0 Å². The highest BCUT2D eigenvalue weighted by Crippen LogP contribution is 2.36. The zero-order valence-electron chi connectivity index (χ0n) is 13.9. The summed E-state index contributed by atoms with van der Waals surface area (Å²) in [5.41, 5.74) is -2.84. The van der Waals surface area contributed by atoms with Crippen molar-refractivity contribution in [3.05, 3.63) is 34.9 Å². The fraction of sp³-hybridized carbons (Fsp3) is 0.500. The summed E-state index contributed by atoms with van der Waals surface area (Å²) in [4.78, 5) is 11.5. The fourth-order valence-electron chi connectivity index (χ4n) is 1.95. The number of hydrogen-bond donors (Lipinski definition) is 3. The maximum atomic E-state index is 13.1. The molecule has 138 valence electrons. The van der Waals surface area contributed by atoms with Crippen molar-refractivity contribution in [2.45, 2.75) is 44.8 Å². The minimum absolute atomic E-state index is 0.232. The number of carbonyl (C=O) groups excluding carboxylic acids is 1. The normalized spacial score (nSPS) is 14.4. The van der Waals surface area contributed by atoms with E-state index >= 15 is 0 Å². The monoisotopic (exact) mass is 360 g/mol. The molecular formula is C16H19F3N2O4. The van der Waals surface area contributed by atoms with Gasteiger partial charge in [0.05, 0.1) is 17.2 Å². The van der Waals surface area contributed by atoms with Gasteiger partial charge in [-0.2, -0.15) is 18.4 Å². The molecule has 3 N–H and O–H groups in total. The Kier molecular flexibility index (Phi) is 6.40. The van der Waals surface area contributed by atoms with Gasteiger partial charge < -0.3 is 20.3 Å². The number of amides is 1. The summed E-state index contributed by atoms with van der Waals surface area (Å²) in [5, 5.41) is 30.8. The summed E-state index contributed by atoms with van der Waals surface area (Å²) >= 11 is 0. The van der Waals surface area contributed by atoms with Crippen LogP contribution in [-0.4, -0.2) is 34.6 Å². The third-order valence-corrected chi connectivity index (χ3v) is 3.03. The first kappa shape index (κ1) is 20.7. The predicted octanol–water partition coefficient (Wildman–Crippen LogP) is 2.50. The first-order valence-electron chi connectivity index (χ1n) is 7.29. The average Bonchev–Trinajstić information content (AvgIpc) is 2.48. The van der Waals surface area contributed by atoms with Crippen molar-refractivity contribution in [2.75, 3.05) is 6.54 Å². The molecule has 1 amide bonds. The molecule has 2 atom stereocenters. The lowest BCUT2D eigenvalue weighted by atomic mass is 9.96. The smallest absolute Gasteiger partial charge is 0.416 e. The number of nitriles is 1. The van der Waals surface area contributed by atoms with Crippen molar-refractivity contribution in [2.24, 2.45) is 0 Å². The van der Waals surface area contributed by atoms with Crippen molar-refractivity contribution in [3.8, 4) is 6.07 Å². The number of rotatable bonds is 4. The van der Waals surface area contributed by atoms with Gasteiger partial charge in [0.1, 0.15) is 17.8 Å². The Morgan fingerprint density at radius 2 is 1.92 bits per heavy atom. The second-order valence-corrected chi connectivity index (χ2v) is 6.31. The third kappa shape index (κ3) is 6.25. The lowest BCUT2D eigenvalue weighted by Gasteiger charge is -2.24. The summed E-state index contributed by atoms with van der Waals surface area (Å²) in [5.74, 6) is 0.